The maximum Gasteiger partial charge on any atom is 0.386 e. The van der Waals surface area contributed by atoms with Gasteiger partial charge in [-0.3, -0.25) is 4.79 Å². The Kier molecular flexibility index (Phi) is 8.65. The quantitative estimate of drug-likeness (QED) is 0.138. The minimum absolute atomic E-state index is 0.0703. The van der Waals surface area contributed by atoms with Crippen LogP contribution in [0, 0.1) is 13.8 Å². The highest BCUT2D eigenvalue weighted by atomic mass is 31.2. The van der Waals surface area contributed by atoms with E-state index in [0.717, 1.165) is 27.0 Å². The normalized spacial score (nSPS) is 14.0. The third-order valence-corrected chi connectivity index (χ3v) is 12.5. The van der Waals surface area contributed by atoms with E-state index < -0.39 is 43.6 Å². The van der Waals surface area contributed by atoms with E-state index in [1.807, 2.05) is 117 Å². The first-order valence-corrected chi connectivity index (χ1v) is 16.6. The maximum absolute atomic E-state index is 14.9. The molecule has 0 amide bonds. The molecule has 46 heavy (non-hydrogen) atoms. The van der Waals surface area contributed by atoms with E-state index in [4.69, 9.17) is 4.98 Å². The Hall–Kier alpha value is -4.57. The third kappa shape index (κ3) is 5.24. The monoisotopic (exact) mass is 637 g/mol. The molecule has 4 aromatic rings. The molecule has 11 heteroatoms. The number of nitrogens with zero attached hydrogens (tertiary/aromatic N) is 4. The van der Waals surface area contributed by atoms with E-state index in [1.54, 1.807) is 0 Å². The molecule has 0 bridgehead atoms. The fourth-order valence-electron chi connectivity index (χ4n) is 5.92. The summed E-state index contributed by atoms with van der Waals surface area (Å²) in [6, 6.07) is 32.0. The van der Waals surface area contributed by atoms with Crippen molar-refractivity contribution in [1.29, 1.82) is 0 Å². The summed E-state index contributed by atoms with van der Waals surface area (Å²) in [5.41, 5.74) is 1.16. The lowest BCUT2D eigenvalue weighted by Gasteiger charge is -2.28. The highest BCUT2D eigenvalue weighted by molar-refractivity contribution is 7.94. The van der Waals surface area contributed by atoms with Gasteiger partial charge in [0.1, 0.15) is 34.2 Å². The topological polar surface area (TPSA) is 151 Å². The van der Waals surface area contributed by atoms with Crippen LogP contribution in [0.2, 0.25) is 0 Å². The number of aryl methyl sites for hydroxylation is 2. The van der Waals surface area contributed by atoms with Gasteiger partial charge in [-0.25, -0.2) is 9.78 Å². The Morgan fingerprint density at radius 1 is 0.717 bits per heavy atom. The molecule has 2 aliphatic heterocycles. The van der Waals surface area contributed by atoms with Gasteiger partial charge in [-0.15, -0.1) is 4.34 Å². The van der Waals surface area contributed by atoms with Gasteiger partial charge in [-0.1, -0.05) is 54.6 Å². The number of rotatable bonds is 9. The van der Waals surface area contributed by atoms with Gasteiger partial charge >= 0.3 is 11.2 Å². The van der Waals surface area contributed by atoms with Gasteiger partial charge in [0, 0.05) is 0 Å². The molecule has 0 aliphatic carbocycles. The van der Waals surface area contributed by atoms with Crippen molar-refractivity contribution in [3.05, 3.63) is 135 Å². The Morgan fingerprint density at radius 3 is 1.72 bits per heavy atom. The van der Waals surface area contributed by atoms with Crippen molar-refractivity contribution in [2.75, 3.05) is 6.61 Å². The number of aliphatic hydroxyl groups excluding tert-OH is 4. The average molecular weight is 638 g/mol. The second-order valence-electron chi connectivity index (χ2n) is 11.3. The molecule has 0 spiro atoms. The molecule has 0 aromatic heterocycles. The first kappa shape index (κ1) is 31.4. The lowest BCUT2D eigenvalue weighted by molar-refractivity contribution is -0.0802. The van der Waals surface area contributed by atoms with Crippen molar-refractivity contribution < 1.29 is 20.4 Å². The minimum Gasteiger partial charge on any atom is -0.394 e. The summed E-state index contributed by atoms with van der Waals surface area (Å²) in [7, 11) is -3.21. The van der Waals surface area contributed by atoms with Gasteiger partial charge in [0.2, 0.25) is 7.41 Å². The van der Waals surface area contributed by atoms with Crippen LogP contribution >= 0.6 is 7.41 Å². The second-order valence-corrected chi connectivity index (χ2v) is 14.5. The Morgan fingerprint density at radius 2 is 1.22 bits per heavy atom. The number of benzene rings is 4. The summed E-state index contributed by atoms with van der Waals surface area (Å²) < 4.78 is 2.73. The molecule has 2 aliphatic rings. The lowest BCUT2D eigenvalue weighted by Crippen LogP contribution is -2.48. The van der Waals surface area contributed by atoms with Crippen LogP contribution in [0.3, 0.4) is 0 Å². The number of fused-ring (bicyclic) bond motifs is 2. The fourth-order valence-corrected chi connectivity index (χ4v) is 9.99. The molecular weight excluding hydrogens is 603 g/mol. The van der Waals surface area contributed by atoms with Gasteiger partial charge in [0.05, 0.1) is 24.2 Å². The van der Waals surface area contributed by atoms with Crippen molar-refractivity contribution in [3.63, 3.8) is 0 Å². The van der Waals surface area contributed by atoms with Crippen LogP contribution in [0.5, 0.6) is 0 Å². The Balaban J connectivity index is 1.75. The molecule has 10 nitrogen and oxygen atoms in total. The van der Waals surface area contributed by atoms with Gasteiger partial charge in [-0.05, 0) is 73.5 Å². The summed E-state index contributed by atoms with van der Waals surface area (Å²) in [6.07, 6.45) is -4.89. The van der Waals surface area contributed by atoms with Crippen LogP contribution in [0.25, 0.3) is 22.6 Å². The van der Waals surface area contributed by atoms with Crippen LogP contribution in [-0.4, -0.2) is 64.2 Å². The number of aliphatic hydroxyl groups is 4. The number of hydrogen-bond acceptors (Lipinski definition) is 8. The summed E-state index contributed by atoms with van der Waals surface area (Å²) in [5.74, 6) is -0.0703. The lowest BCUT2D eigenvalue weighted by atomic mass is 10.1. The molecule has 0 radical (unpaired) electrons. The van der Waals surface area contributed by atoms with E-state index in [9.17, 15) is 30.0 Å². The maximum atomic E-state index is 14.9. The van der Waals surface area contributed by atoms with E-state index >= 15 is 0 Å². The summed E-state index contributed by atoms with van der Waals surface area (Å²) in [4.78, 5) is 38.6. The van der Waals surface area contributed by atoms with Crippen LogP contribution in [0.15, 0.2) is 113 Å². The Labute approximate surface area is 265 Å². The molecular formula is C35H34N4O6P+. The summed E-state index contributed by atoms with van der Waals surface area (Å²) in [5, 5.41) is 43.1. The van der Waals surface area contributed by atoms with Crippen molar-refractivity contribution in [1.82, 2.24) is 18.9 Å². The number of hydrogen-bond donors (Lipinski definition) is 4. The zero-order valence-corrected chi connectivity index (χ0v) is 26.2. The van der Waals surface area contributed by atoms with Gasteiger partial charge in [0.25, 0.3) is 0 Å². The second kappa shape index (κ2) is 12.7. The van der Waals surface area contributed by atoms with Crippen LogP contribution < -0.4 is 27.2 Å². The molecule has 3 unspecified atom stereocenters. The zero-order chi connectivity index (χ0) is 32.6. The minimum atomic E-state index is -3.21. The molecule has 3 atom stereocenters. The largest absolute Gasteiger partial charge is 0.394 e. The highest BCUT2D eigenvalue weighted by Gasteiger charge is 2.51. The SMILES string of the molecule is Cc1cc2nc3c(=O)n([P+](c4ccccc4)(c4ccccc4)c4ccccc4)c(=O)nc-3n(CC(O)C(O)C(O)CO)c2cc1C. The van der Waals surface area contributed by atoms with E-state index in [2.05, 4.69) is 4.98 Å². The first-order chi connectivity index (χ1) is 22.2. The molecule has 4 aromatic carbocycles. The van der Waals surface area contributed by atoms with E-state index in [1.165, 1.54) is 8.90 Å². The van der Waals surface area contributed by atoms with Crippen LogP contribution in [-0.2, 0) is 6.54 Å². The standard InChI is InChI=1S/C35H34N4O6P/c1-22-18-27-28(19-23(22)2)38(20-29(41)32(43)30(42)21-40)33-31(36-27)34(44)39(35(45)37-33)46(24-12-6-3-7-13-24,25-14-8-4-9-15-25)26-16-10-5-11-17-26/h3-19,29-30,32,40-43H,20-21H2,1-2H3/q+1. The highest BCUT2D eigenvalue weighted by Crippen LogP contribution is 2.54. The van der Waals surface area contributed by atoms with Crippen molar-refractivity contribution in [3.8, 4) is 11.5 Å². The first-order valence-electron chi connectivity index (χ1n) is 14.8. The summed E-state index contributed by atoms with van der Waals surface area (Å²) in [6.45, 7) is 2.70. The van der Waals surface area contributed by atoms with Crippen molar-refractivity contribution in [2.24, 2.45) is 0 Å². The molecule has 2 heterocycles. The molecule has 4 N–H and O–H groups in total. The predicted octanol–water partition coefficient (Wildman–Crippen LogP) is 1.51. The summed E-state index contributed by atoms with van der Waals surface area (Å²) >= 11 is 0. The molecule has 6 rings (SSSR count). The third-order valence-electron chi connectivity index (χ3n) is 8.39. The molecule has 0 saturated carbocycles. The number of aromatic nitrogens is 4. The zero-order valence-electron chi connectivity index (χ0n) is 25.3. The van der Waals surface area contributed by atoms with Crippen molar-refractivity contribution in [2.45, 2.75) is 38.7 Å². The average Bonchev–Trinajstić information content (AvgIpc) is 3.08. The molecule has 234 valence electrons. The van der Waals surface area contributed by atoms with Gasteiger partial charge in [0.15, 0.2) is 11.5 Å². The van der Waals surface area contributed by atoms with Gasteiger partial charge < -0.3 is 25.0 Å². The van der Waals surface area contributed by atoms with Crippen LogP contribution in [0.1, 0.15) is 11.1 Å². The van der Waals surface area contributed by atoms with Gasteiger partial charge in [-0.2, -0.15) is 4.98 Å². The van der Waals surface area contributed by atoms with E-state index in [0.29, 0.717) is 11.0 Å². The molecule has 0 fully saturated rings. The van der Waals surface area contributed by atoms with E-state index in [-0.39, 0.29) is 18.1 Å². The van der Waals surface area contributed by atoms with Crippen molar-refractivity contribution >= 4 is 34.4 Å². The Bertz CT molecular complexity index is 1990. The molecule has 0 saturated heterocycles. The van der Waals surface area contributed by atoms with Crippen LogP contribution in [0.4, 0.5) is 0 Å². The fraction of sp³-hybridized carbons (Fsp3) is 0.200. The predicted molar refractivity (Wildman–Crippen MR) is 180 cm³/mol. The smallest absolute Gasteiger partial charge is 0.386 e.